The quantitative estimate of drug-likeness (QED) is 0.302. The van der Waals surface area contributed by atoms with Crippen LogP contribution in [0, 0.1) is 0 Å². The Morgan fingerprint density at radius 3 is 0.939 bits per heavy atom. The Morgan fingerprint density at radius 2 is 0.636 bits per heavy atom. The van der Waals surface area contributed by atoms with Crippen LogP contribution in [0.1, 0.15) is 0 Å². The first-order valence-corrected chi connectivity index (χ1v) is 10.2. The Labute approximate surface area is 192 Å². The molecule has 0 spiro atoms. The van der Waals surface area contributed by atoms with Crippen molar-refractivity contribution in [2.75, 3.05) is 0 Å². The first-order chi connectivity index (χ1) is 16.1. The third kappa shape index (κ3) is 7.84. The smallest absolute Gasteiger partial charge is 0.122 e. The molecule has 5 heteroatoms. The van der Waals surface area contributed by atoms with Crippen molar-refractivity contribution in [1.82, 2.24) is 9.97 Å². The second kappa shape index (κ2) is 12.3. The van der Waals surface area contributed by atoms with Gasteiger partial charge in [0, 0.05) is 43.0 Å². The maximum absolute atomic E-state index is 8.67. The van der Waals surface area contributed by atoms with Gasteiger partial charge in [-0.1, -0.05) is 60.7 Å². The van der Waals surface area contributed by atoms with Crippen molar-refractivity contribution in [1.29, 1.82) is 0 Å². The van der Waals surface area contributed by atoms with Crippen molar-refractivity contribution >= 4 is 0 Å². The van der Waals surface area contributed by atoms with E-state index in [-0.39, 0.29) is 17.2 Å². The molecule has 0 fully saturated rings. The molecular formula is C28H24N2O3. The Balaban J connectivity index is 0.000000141. The number of phenolic OH excluding ortho intramolecular Hbond substituents is 3. The Morgan fingerprint density at radius 1 is 0.364 bits per heavy atom. The van der Waals surface area contributed by atoms with Gasteiger partial charge in [-0.15, -0.1) is 0 Å². The summed E-state index contributed by atoms with van der Waals surface area (Å²) in [7, 11) is 0. The molecule has 0 bridgehead atoms. The Bertz CT molecular complexity index is 1020. The number of rotatable bonds is 2. The summed E-state index contributed by atoms with van der Waals surface area (Å²) in [6, 6.07) is 32.0. The summed E-state index contributed by atoms with van der Waals surface area (Å²) >= 11 is 0. The van der Waals surface area contributed by atoms with E-state index in [2.05, 4.69) is 34.2 Å². The number of phenols is 3. The molecule has 0 aliphatic carbocycles. The average Bonchev–Trinajstić information content (AvgIpc) is 2.86. The average molecular weight is 437 g/mol. The van der Waals surface area contributed by atoms with Crippen molar-refractivity contribution in [3.8, 4) is 39.5 Å². The molecule has 164 valence electrons. The number of hydrogen-bond donors (Lipinski definition) is 3. The SMILES string of the molecule is Oc1cc(O)cc(O)c1.c1ccc(-c2ccncc2)cc1.c1ccc(-c2ccncc2)cc1. The lowest BCUT2D eigenvalue weighted by atomic mass is 10.1. The number of pyridine rings is 2. The van der Waals surface area contributed by atoms with E-state index in [1.165, 1.54) is 22.3 Å². The largest absolute Gasteiger partial charge is 0.508 e. The third-order valence-corrected chi connectivity index (χ3v) is 4.46. The van der Waals surface area contributed by atoms with Crippen LogP contribution in [-0.4, -0.2) is 25.3 Å². The normalized spacial score (nSPS) is 9.58. The van der Waals surface area contributed by atoms with Crippen LogP contribution in [0.15, 0.2) is 128 Å². The van der Waals surface area contributed by atoms with Crippen LogP contribution in [0.2, 0.25) is 0 Å². The highest BCUT2D eigenvalue weighted by atomic mass is 16.3. The van der Waals surface area contributed by atoms with E-state index < -0.39 is 0 Å². The van der Waals surface area contributed by atoms with Crippen LogP contribution in [0.3, 0.4) is 0 Å². The molecule has 0 saturated heterocycles. The lowest BCUT2D eigenvalue weighted by Gasteiger charge is -1.98. The minimum atomic E-state index is -0.146. The summed E-state index contributed by atoms with van der Waals surface area (Å²) in [5.41, 5.74) is 4.90. The van der Waals surface area contributed by atoms with Gasteiger partial charge in [0.15, 0.2) is 0 Å². The summed E-state index contributed by atoms with van der Waals surface area (Å²) in [6.07, 6.45) is 7.23. The van der Waals surface area contributed by atoms with Gasteiger partial charge in [-0.05, 0) is 46.5 Å². The van der Waals surface area contributed by atoms with Gasteiger partial charge in [-0.3, -0.25) is 9.97 Å². The van der Waals surface area contributed by atoms with Crippen LogP contribution in [0.25, 0.3) is 22.3 Å². The highest BCUT2D eigenvalue weighted by Gasteiger charge is 1.94. The van der Waals surface area contributed by atoms with Crippen LogP contribution < -0.4 is 0 Å². The summed E-state index contributed by atoms with van der Waals surface area (Å²) in [5.74, 6) is -0.437. The van der Waals surface area contributed by atoms with Crippen LogP contribution in [0.5, 0.6) is 17.2 Å². The summed E-state index contributed by atoms with van der Waals surface area (Å²) in [6.45, 7) is 0. The first kappa shape index (κ1) is 23.0. The summed E-state index contributed by atoms with van der Waals surface area (Å²) in [5, 5.41) is 26.0. The van der Waals surface area contributed by atoms with Gasteiger partial charge >= 0.3 is 0 Å². The maximum Gasteiger partial charge on any atom is 0.122 e. The molecule has 0 amide bonds. The number of nitrogens with zero attached hydrogens (tertiary/aromatic N) is 2. The standard InChI is InChI=1S/2C11H9N.C6H6O3/c2*1-2-4-10(5-3-1)11-6-8-12-9-7-11;7-4-1-5(8)3-6(9)2-4/h2*1-9H;1-3,7-9H. The zero-order valence-electron chi connectivity index (χ0n) is 17.9. The fraction of sp³-hybridized carbons (Fsp3) is 0. The topological polar surface area (TPSA) is 86.5 Å². The second-order valence-corrected chi connectivity index (χ2v) is 6.91. The molecule has 2 heterocycles. The molecule has 0 aliphatic rings. The van der Waals surface area contributed by atoms with Gasteiger partial charge < -0.3 is 15.3 Å². The fourth-order valence-corrected chi connectivity index (χ4v) is 2.93. The van der Waals surface area contributed by atoms with Crippen molar-refractivity contribution in [2.45, 2.75) is 0 Å². The molecule has 5 nitrogen and oxygen atoms in total. The van der Waals surface area contributed by atoms with Crippen molar-refractivity contribution < 1.29 is 15.3 Å². The molecule has 2 aromatic heterocycles. The van der Waals surface area contributed by atoms with E-state index in [9.17, 15) is 0 Å². The lowest BCUT2D eigenvalue weighted by Crippen LogP contribution is -1.76. The van der Waals surface area contributed by atoms with E-state index in [0.29, 0.717) is 0 Å². The van der Waals surface area contributed by atoms with Gasteiger partial charge in [0.05, 0.1) is 0 Å². The zero-order valence-corrected chi connectivity index (χ0v) is 17.9. The van der Waals surface area contributed by atoms with Crippen LogP contribution >= 0.6 is 0 Å². The summed E-state index contributed by atoms with van der Waals surface area (Å²) < 4.78 is 0. The highest BCUT2D eigenvalue weighted by molar-refractivity contribution is 5.62. The molecule has 5 aromatic rings. The lowest BCUT2D eigenvalue weighted by molar-refractivity contribution is 0.428. The number of aromatic nitrogens is 2. The molecule has 0 radical (unpaired) electrons. The van der Waals surface area contributed by atoms with E-state index in [1.807, 2.05) is 85.5 Å². The molecule has 0 atom stereocenters. The highest BCUT2D eigenvalue weighted by Crippen LogP contribution is 2.24. The predicted molar refractivity (Wildman–Crippen MR) is 131 cm³/mol. The molecule has 33 heavy (non-hydrogen) atoms. The van der Waals surface area contributed by atoms with Gasteiger partial charge in [0.25, 0.3) is 0 Å². The summed E-state index contributed by atoms with van der Waals surface area (Å²) in [4.78, 5) is 7.94. The first-order valence-electron chi connectivity index (χ1n) is 10.2. The van der Waals surface area contributed by atoms with E-state index in [4.69, 9.17) is 15.3 Å². The molecule has 0 saturated carbocycles. The minimum Gasteiger partial charge on any atom is -0.508 e. The van der Waals surface area contributed by atoms with Crippen molar-refractivity contribution in [3.05, 3.63) is 128 Å². The molecule has 5 rings (SSSR count). The molecular weight excluding hydrogens is 412 g/mol. The number of benzene rings is 3. The van der Waals surface area contributed by atoms with Crippen molar-refractivity contribution in [3.63, 3.8) is 0 Å². The predicted octanol–water partition coefficient (Wildman–Crippen LogP) is 6.30. The zero-order chi connectivity index (χ0) is 23.3. The molecule has 0 aliphatic heterocycles. The maximum atomic E-state index is 8.67. The monoisotopic (exact) mass is 436 g/mol. The van der Waals surface area contributed by atoms with E-state index in [1.54, 1.807) is 0 Å². The molecule has 0 unspecified atom stereocenters. The van der Waals surface area contributed by atoms with Gasteiger partial charge in [-0.2, -0.15) is 0 Å². The minimum absolute atomic E-state index is 0.146. The van der Waals surface area contributed by atoms with Gasteiger partial charge in [0.1, 0.15) is 17.2 Å². The van der Waals surface area contributed by atoms with E-state index in [0.717, 1.165) is 18.2 Å². The number of hydrogen-bond acceptors (Lipinski definition) is 5. The van der Waals surface area contributed by atoms with Crippen LogP contribution in [0.4, 0.5) is 0 Å². The third-order valence-electron chi connectivity index (χ3n) is 4.46. The Kier molecular flexibility index (Phi) is 8.56. The Hall–Kier alpha value is -4.64. The number of aromatic hydroxyl groups is 3. The van der Waals surface area contributed by atoms with Crippen LogP contribution in [-0.2, 0) is 0 Å². The fourth-order valence-electron chi connectivity index (χ4n) is 2.93. The van der Waals surface area contributed by atoms with E-state index >= 15 is 0 Å². The van der Waals surface area contributed by atoms with Gasteiger partial charge in [-0.25, -0.2) is 0 Å². The molecule has 3 aromatic carbocycles. The van der Waals surface area contributed by atoms with Crippen molar-refractivity contribution in [2.24, 2.45) is 0 Å². The molecule has 3 N–H and O–H groups in total. The second-order valence-electron chi connectivity index (χ2n) is 6.91. The van der Waals surface area contributed by atoms with Gasteiger partial charge in [0.2, 0.25) is 0 Å².